The lowest BCUT2D eigenvalue weighted by atomic mass is 10.2. The molecule has 2 aromatic rings. The summed E-state index contributed by atoms with van der Waals surface area (Å²) in [5.41, 5.74) is 2.36. The van der Waals surface area contributed by atoms with Crippen LogP contribution < -0.4 is 0 Å². The van der Waals surface area contributed by atoms with Gasteiger partial charge in [-0.3, -0.25) is 9.48 Å². The van der Waals surface area contributed by atoms with Crippen LogP contribution in [0.5, 0.6) is 0 Å². The van der Waals surface area contributed by atoms with Gasteiger partial charge in [-0.1, -0.05) is 11.6 Å². The van der Waals surface area contributed by atoms with Crippen molar-refractivity contribution >= 4 is 29.2 Å². The van der Waals surface area contributed by atoms with Crippen molar-refractivity contribution in [3.8, 4) is 0 Å². The molecule has 0 atom stereocenters. The Labute approximate surface area is 103 Å². The van der Waals surface area contributed by atoms with Crippen LogP contribution in [0, 0.1) is 13.8 Å². The maximum absolute atomic E-state index is 10.8. The maximum atomic E-state index is 10.8. The number of aryl methyl sites for hydroxylation is 1. The average Bonchev–Trinajstić information content (AvgIpc) is 2.74. The van der Waals surface area contributed by atoms with E-state index >= 15 is 0 Å². The molecule has 0 bridgehead atoms. The summed E-state index contributed by atoms with van der Waals surface area (Å²) >= 11 is 7.39. The Balaban J connectivity index is 2.31. The van der Waals surface area contributed by atoms with Crippen LogP contribution in [0.1, 0.15) is 26.6 Å². The molecule has 2 heterocycles. The summed E-state index contributed by atoms with van der Waals surface area (Å²) in [7, 11) is 0. The molecule has 0 fully saturated rings. The largest absolute Gasteiger partial charge is 0.298 e. The van der Waals surface area contributed by atoms with E-state index in [2.05, 4.69) is 5.10 Å². The number of thiophene rings is 1. The van der Waals surface area contributed by atoms with Gasteiger partial charge in [0.25, 0.3) is 0 Å². The molecule has 3 nitrogen and oxygen atoms in total. The highest BCUT2D eigenvalue weighted by atomic mass is 35.5. The topological polar surface area (TPSA) is 34.9 Å². The van der Waals surface area contributed by atoms with Gasteiger partial charge in [0.15, 0.2) is 6.29 Å². The number of hydrogen-bond donors (Lipinski definition) is 0. The van der Waals surface area contributed by atoms with Gasteiger partial charge >= 0.3 is 0 Å². The highest BCUT2D eigenvalue weighted by Gasteiger charge is 2.11. The molecule has 0 aliphatic rings. The van der Waals surface area contributed by atoms with E-state index in [9.17, 15) is 4.79 Å². The van der Waals surface area contributed by atoms with Crippen molar-refractivity contribution in [3.05, 3.63) is 38.3 Å². The number of aldehydes is 1. The third kappa shape index (κ3) is 2.03. The van der Waals surface area contributed by atoms with Crippen molar-refractivity contribution in [2.24, 2.45) is 0 Å². The molecule has 16 heavy (non-hydrogen) atoms. The highest BCUT2D eigenvalue weighted by molar-refractivity contribution is 7.16. The second-order valence-corrected chi connectivity index (χ2v) is 5.37. The third-order valence-electron chi connectivity index (χ3n) is 2.49. The molecular weight excluding hydrogens is 244 g/mol. The van der Waals surface area contributed by atoms with Gasteiger partial charge in [-0.25, -0.2) is 0 Å². The van der Waals surface area contributed by atoms with Gasteiger partial charge < -0.3 is 0 Å². The molecule has 84 valence electrons. The molecule has 0 unspecified atom stereocenters. The summed E-state index contributed by atoms with van der Waals surface area (Å²) in [6.07, 6.45) is 0.857. The van der Waals surface area contributed by atoms with Gasteiger partial charge in [-0.05, 0) is 26.0 Å². The SMILES string of the molecule is Cc1nn(Cc2ccc(Cl)s2)c(C)c1C=O. The van der Waals surface area contributed by atoms with Crippen LogP contribution in [0.2, 0.25) is 4.34 Å². The number of halogens is 1. The molecule has 0 aliphatic heterocycles. The summed E-state index contributed by atoms with van der Waals surface area (Å²) < 4.78 is 2.61. The summed E-state index contributed by atoms with van der Waals surface area (Å²) in [6.45, 7) is 4.41. The fraction of sp³-hybridized carbons (Fsp3) is 0.273. The zero-order chi connectivity index (χ0) is 11.7. The fourth-order valence-corrected chi connectivity index (χ4v) is 2.69. The van der Waals surface area contributed by atoms with E-state index in [-0.39, 0.29) is 0 Å². The van der Waals surface area contributed by atoms with Crippen molar-refractivity contribution in [2.45, 2.75) is 20.4 Å². The van der Waals surface area contributed by atoms with Gasteiger partial charge in [0.2, 0.25) is 0 Å². The van der Waals surface area contributed by atoms with Crippen LogP contribution in [0.25, 0.3) is 0 Å². The predicted octanol–water partition coefficient (Wildman–Crippen LogP) is 3.08. The Kier molecular flexibility index (Phi) is 3.12. The summed E-state index contributed by atoms with van der Waals surface area (Å²) in [6, 6.07) is 3.85. The van der Waals surface area contributed by atoms with Crippen molar-refractivity contribution in [1.82, 2.24) is 9.78 Å². The number of carbonyl (C=O) groups excluding carboxylic acids is 1. The summed E-state index contributed by atoms with van der Waals surface area (Å²) in [4.78, 5) is 12.0. The Bertz CT molecular complexity index is 530. The van der Waals surface area contributed by atoms with E-state index in [1.165, 1.54) is 11.3 Å². The number of rotatable bonds is 3. The minimum absolute atomic E-state index is 0.665. The average molecular weight is 255 g/mol. The van der Waals surface area contributed by atoms with Crippen LogP contribution in [-0.2, 0) is 6.54 Å². The highest BCUT2D eigenvalue weighted by Crippen LogP contribution is 2.23. The number of nitrogens with zero attached hydrogens (tertiary/aromatic N) is 2. The Morgan fingerprint density at radius 3 is 2.75 bits per heavy atom. The van der Waals surface area contributed by atoms with Crippen LogP contribution in [-0.4, -0.2) is 16.1 Å². The Morgan fingerprint density at radius 2 is 2.25 bits per heavy atom. The van der Waals surface area contributed by atoms with Crippen molar-refractivity contribution < 1.29 is 4.79 Å². The molecule has 0 spiro atoms. The first-order valence-corrected chi connectivity index (χ1v) is 6.04. The second kappa shape index (κ2) is 4.39. The first-order chi connectivity index (χ1) is 7.61. The molecule has 0 N–H and O–H groups in total. The lowest BCUT2D eigenvalue weighted by Crippen LogP contribution is -2.02. The first kappa shape index (κ1) is 11.4. The molecule has 2 aromatic heterocycles. The van der Waals surface area contributed by atoms with Crippen LogP contribution in [0.15, 0.2) is 12.1 Å². The summed E-state index contributed by atoms with van der Waals surface area (Å²) in [5, 5.41) is 4.33. The van der Waals surface area contributed by atoms with E-state index in [1.807, 2.05) is 30.7 Å². The minimum atomic E-state index is 0.665. The van der Waals surface area contributed by atoms with Gasteiger partial charge in [0, 0.05) is 10.6 Å². The normalized spacial score (nSPS) is 10.7. The number of aromatic nitrogens is 2. The molecule has 0 amide bonds. The van der Waals surface area contributed by atoms with Crippen molar-refractivity contribution in [3.63, 3.8) is 0 Å². The number of hydrogen-bond acceptors (Lipinski definition) is 3. The molecule has 0 radical (unpaired) electrons. The minimum Gasteiger partial charge on any atom is -0.298 e. The van der Waals surface area contributed by atoms with Crippen molar-refractivity contribution in [2.75, 3.05) is 0 Å². The van der Waals surface area contributed by atoms with E-state index in [0.717, 1.165) is 26.9 Å². The molecule has 2 rings (SSSR count). The third-order valence-corrected chi connectivity index (χ3v) is 3.71. The predicted molar refractivity (Wildman–Crippen MR) is 65.5 cm³/mol. The fourth-order valence-electron chi connectivity index (χ4n) is 1.62. The van der Waals surface area contributed by atoms with E-state index < -0.39 is 0 Å². The Morgan fingerprint density at radius 1 is 1.50 bits per heavy atom. The molecular formula is C11H11ClN2OS. The van der Waals surface area contributed by atoms with Gasteiger partial charge in [-0.2, -0.15) is 5.10 Å². The van der Waals surface area contributed by atoms with E-state index in [4.69, 9.17) is 11.6 Å². The van der Waals surface area contributed by atoms with Crippen molar-refractivity contribution in [1.29, 1.82) is 0 Å². The zero-order valence-electron chi connectivity index (χ0n) is 9.03. The lowest BCUT2D eigenvalue weighted by Gasteiger charge is -2.01. The second-order valence-electron chi connectivity index (χ2n) is 3.57. The van der Waals surface area contributed by atoms with Gasteiger partial charge in [0.05, 0.1) is 22.1 Å². The quantitative estimate of drug-likeness (QED) is 0.789. The van der Waals surface area contributed by atoms with Crippen LogP contribution >= 0.6 is 22.9 Å². The smallest absolute Gasteiger partial charge is 0.153 e. The molecule has 5 heteroatoms. The van der Waals surface area contributed by atoms with Gasteiger partial charge in [-0.15, -0.1) is 11.3 Å². The molecule has 0 aromatic carbocycles. The zero-order valence-corrected chi connectivity index (χ0v) is 10.6. The monoisotopic (exact) mass is 254 g/mol. The van der Waals surface area contributed by atoms with Crippen LogP contribution in [0.3, 0.4) is 0 Å². The summed E-state index contributed by atoms with van der Waals surface area (Å²) in [5.74, 6) is 0. The first-order valence-electron chi connectivity index (χ1n) is 4.85. The molecule has 0 aliphatic carbocycles. The van der Waals surface area contributed by atoms with E-state index in [0.29, 0.717) is 12.1 Å². The Hall–Kier alpha value is -1.13. The van der Waals surface area contributed by atoms with Gasteiger partial charge in [0.1, 0.15) is 0 Å². The molecule has 0 saturated heterocycles. The number of carbonyl (C=O) groups is 1. The maximum Gasteiger partial charge on any atom is 0.153 e. The lowest BCUT2D eigenvalue weighted by molar-refractivity contribution is 0.112. The standard InChI is InChI=1S/C11H11ClN2OS/c1-7-10(6-15)8(2)14(13-7)5-9-3-4-11(12)16-9/h3-4,6H,5H2,1-2H3. The van der Waals surface area contributed by atoms with E-state index in [1.54, 1.807) is 0 Å². The molecule has 0 saturated carbocycles. The van der Waals surface area contributed by atoms with Crippen LogP contribution in [0.4, 0.5) is 0 Å².